The first-order valence-corrected chi connectivity index (χ1v) is 5.88. The normalized spacial score (nSPS) is 13.6. The Balaban J connectivity index is 2.23. The van der Waals surface area contributed by atoms with Gasteiger partial charge in [0.25, 0.3) is 0 Å². The van der Waals surface area contributed by atoms with Gasteiger partial charge in [-0.25, -0.2) is 0 Å². The van der Waals surface area contributed by atoms with Gasteiger partial charge in [-0.3, -0.25) is 9.59 Å². The Labute approximate surface area is 109 Å². The van der Waals surface area contributed by atoms with E-state index < -0.39 is 0 Å². The van der Waals surface area contributed by atoms with Crippen molar-refractivity contribution in [2.45, 2.75) is 0 Å². The van der Waals surface area contributed by atoms with Crippen LogP contribution in [0.25, 0.3) is 5.70 Å². The van der Waals surface area contributed by atoms with Crippen molar-refractivity contribution in [3.8, 4) is 0 Å². The fourth-order valence-electron chi connectivity index (χ4n) is 2.27. The van der Waals surface area contributed by atoms with Crippen molar-refractivity contribution in [1.29, 1.82) is 0 Å². The molecule has 4 heteroatoms. The molecule has 0 saturated heterocycles. The van der Waals surface area contributed by atoms with Gasteiger partial charge < -0.3 is 9.73 Å². The topological polar surface area (TPSA) is 59.3 Å². The zero-order valence-electron chi connectivity index (χ0n) is 10.3. The summed E-state index contributed by atoms with van der Waals surface area (Å²) in [6.07, 6.45) is 1.50. The second kappa shape index (κ2) is 4.24. The summed E-state index contributed by atoms with van der Waals surface area (Å²) in [5.41, 5.74) is 1.46. The number of nitrogens with one attached hydrogen (secondary N) is 1. The van der Waals surface area contributed by atoms with Crippen LogP contribution in [0.1, 0.15) is 26.5 Å². The zero-order chi connectivity index (χ0) is 13.4. The monoisotopic (exact) mass is 253 g/mol. The van der Waals surface area contributed by atoms with E-state index >= 15 is 0 Å². The molecule has 0 aliphatic heterocycles. The minimum absolute atomic E-state index is 0.138. The molecule has 1 aromatic carbocycles. The molecule has 0 amide bonds. The Kier molecular flexibility index (Phi) is 2.56. The van der Waals surface area contributed by atoms with Crippen LogP contribution >= 0.6 is 0 Å². The molecule has 0 radical (unpaired) electrons. The van der Waals surface area contributed by atoms with Crippen LogP contribution in [0.15, 0.2) is 52.7 Å². The van der Waals surface area contributed by atoms with Crippen LogP contribution in [0.4, 0.5) is 0 Å². The Morgan fingerprint density at radius 3 is 2.11 bits per heavy atom. The highest BCUT2D eigenvalue weighted by molar-refractivity contribution is 6.42. The SMILES string of the molecule is CNC(=C1C(=O)c2ccccc2C1=O)c1ccco1. The van der Waals surface area contributed by atoms with Crippen LogP contribution in [0.3, 0.4) is 0 Å². The van der Waals surface area contributed by atoms with Gasteiger partial charge in [0.1, 0.15) is 0 Å². The number of ketones is 2. The summed E-state index contributed by atoms with van der Waals surface area (Å²) in [4.78, 5) is 24.7. The molecule has 0 bridgehead atoms. The lowest BCUT2D eigenvalue weighted by atomic mass is 10.1. The predicted octanol–water partition coefficient (Wildman–Crippen LogP) is 2.29. The molecule has 1 N–H and O–H groups in total. The average molecular weight is 253 g/mol. The van der Waals surface area contributed by atoms with Gasteiger partial charge >= 0.3 is 0 Å². The van der Waals surface area contributed by atoms with E-state index in [1.54, 1.807) is 43.4 Å². The Bertz CT molecular complexity index is 659. The first-order valence-electron chi connectivity index (χ1n) is 5.88. The van der Waals surface area contributed by atoms with Crippen LogP contribution in [0, 0.1) is 0 Å². The molecule has 2 aromatic rings. The Morgan fingerprint density at radius 2 is 1.63 bits per heavy atom. The molecule has 1 heterocycles. The molecule has 94 valence electrons. The summed E-state index contributed by atoms with van der Waals surface area (Å²) in [7, 11) is 1.66. The third kappa shape index (κ3) is 1.61. The molecule has 4 nitrogen and oxygen atoms in total. The summed E-state index contributed by atoms with van der Waals surface area (Å²) in [6.45, 7) is 0. The van der Waals surface area contributed by atoms with Gasteiger partial charge in [0.05, 0.1) is 17.5 Å². The van der Waals surface area contributed by atoms with Crippen molar-refractivity contribution in [2.24, 2.45) is 0 Å². The highest BCUT2D eigenvalue weighted by atomic mass is 16.3. The summed E-state index contributed by atoms with van der Waals surface area (Å²) < 4.78 is 5.27. The lowest BCUT2D eigenvalue weighted by Crippen LogP contribution is -2.14. The molecule has 0 unspecified atom stereocenters. The third-order valence-electron chi connectivity index (χ3n) is 3.14. The van der Waals surface area contributed by atoms with E-state index in [4.69, 9.17) is 4.42 Å². The van der Waals surface area contributed by atoms with Gasteiger partial charge in [-0.15, -0.1) is 0 Å². The number of hydrogen-bond acceptors (Lipinski definition) is 4. The lowest BCUT2D eigenvalue weighted by molar-refractivity contribution is 0.0989. The highest BCUT2D eigenvalue weighted by Gasteiger charge is 2.36. The van der Waals surface area contributed by atoms with Gasteiger partial charge in [0.15, 0.2) is 17.3 Å². The van der Waals surface area contributed by atoms with Gasteiger partial charge in [0, 0.05) is 18.2 Å². The molecular weight excluding hydrogens is 242 g/mol. The first-order chi connectivity index (χ1) is 9.24. The largest absolute Gasteiger partial charge is 0.463 e. The average Bonchev–Trinajstić information content (AvgIpc) is 3.04. The van der Waals surface area contributed by atoms with Gasteiger partial charge in [0.2, 0.25) is 0 Å². The summed E-state index contributed by atoms with van der Waals surface area (Å²) >= 11 is 0. The summed E-state index contributed by atoms with van der Waals surface area (Å²) in [5, 5.41) is 2.89. The van der Waals surface area contributed by atoms with E-state index in [-0.39, 0.29) is 17.1 Å². The number of furan rings is 1. The lowest BCUT2D eigenvalue weighted by Gasteiger charge is -2.06. The molecule has 0 saturated carbocycles. The third-order valence-corrected chi connectivity index (χ3v) is 3.14. The number of allylic oxidation sites excluding steroid dienone is 1. The number of hydrogen-bond donors (Lipinski definition) is 1. The Hall–Kier alpha value is -2.62. The molecule has 0 spiro atoms. The maximum absolute atomic E-state index is 12.3. The quantitative estimate of drug-likeness (QED) is 0.659. The highest BCUT2D eigenvalue weighted by Crippen LogP contribution is 2.30. The smallest absolute Gasteiger partial charge is 0.199 e. The maximum atomic E-state index is 12.3. The molecule has 0 atom stereocenters. The van der Waals surface area contributed by atoms with E-state index in [2.05, 4.69) is 5.32 Å². The van der Waals surface area contributed by atoms with Gasteiger partial charge in [-0.05, 0) is 12.1 Å². The van der Waals surface area contributed by atoms with Gasteiger partial charge in [-0.2, -0.15) is 0 Å². The number of carbonyl (C=O) groups excluding carboxylic acids is 2. The van der Waals surface area contributed by atoms with Crippen LogP contribution < -0.4 is 5.32 Å². The number of benzene rings is 1. The maximum Gasteiger partial charge on any atom is 0.199 e. The zero-order valence-corrected chi connectivity index (χ0v) is 10.3. The minimum Gasteiger partial charge on any atom is -0.463 e. The van der Waals surface area contributed by atoms with E-state index in [0.29, 0.717) is 22.6 Å². The van der Waals surface area contributed by atoms with Crippen molar-refractivity contribution in [3.05, 3.63) is 65.1 Å². The summed E-state index contributed by atoms with van der Waals surface area (Å²) in [5.74, 6) is -0.0466. The molecule has 3 rings (SSSR count). The van der Waals surface area contributed by atoms with Crippen molar-refractivity contribution in [1.82, 2.24) is 5.32 Å². The molecule has 0 fully saturated rings. The molecule has 19 heavy (non-hydrogen) atoms. The second-order valence-corrected chi connectivity index (χ2v) is 4.18. The number of rotatable bonds is 2. The fourth-order valence-corrected chi connectivity index (χ4v) is 2.27. The van der Waals surface area contributed by atoms with Crippen molar-refractivity contribution < 1.29 is 14.0 Å². The van der Waals surface area contributed by atoms with Crippen molar-refractivity contribution >= 4 is 17.3 Å². The molecule has 1 aromatic heterocycles. The predicted molar refractivity (Wildman–Crippen MR) is 69.8 cm³/mol. The number of carbonyl (C=O) groups is 2. The first kappa shape index (κ1) is 11.5. The summed E-state index contributed by atoms with van der Waals surface area (Å²) in [6, 6.07) is 10.3. The van der Waals surface area contributed by atoms with E-state index in [1.807, 2.05) is 0 Å². The Morgan fingerprint density at radius 1 is 1.00 bits per heavy atom. The van der Waals surface area contributed by atoms with Gasteiger partial charge in [-0.1, -0.05) is 24.3 Å². The van der Waals surface area contributed by atoms with E-state index in [0.717, 1.165) is 0 Å². The number of fused-ring (bicyclic) bond motifs is 1. The second-order valence-electron chi connectivity index (χ2n) is 4.18. The standard InChI is InChI=1S/C15H11NO3/c1-16-13(11-7-4-8-19-11)12-14(17)9-5-2-3-6-10(9)15(12)18/h2-8,16H,1H3. The molecular formula is C15H11NO3. The van der Waals surface area contributed by atoms with Crippen molar-refractivity contribution in [3.63, 3.8) is 0 Å². The van der Waals surface area contributed by atoms with Crippen LogP contribution in [0.5, 0.6) is 0 Å². The van der Waals surface area contributed by atoms with E-state index in [1.165, 1.54) is 6.26 Å². The fraction of sp³-hybridized carbons (Fsp3) is 0.0667. The van der Waals surface area contributed by atoms with Crippen LogP contribution in [-0.2, 0) is 0 Å². The minimum atomic E-state index is -0.263. The molecule has 1 aliphatic carbocycles. The van der Waals surface area contributed by atoms with E-state index in [9.17, 15) is 9.59 Å². The molecule has 1 aliphatic rings. The van der Waals surface area contributed by atoms with Crippen LogP contribution in [0.2, 0.25) is 0 Å². The van der Waals surface area contributed by atoms with Crippen LogP contribution in [-0.4, -0.2) is 18.6 Å². The number of Topliss-reactive ketones (excluding diaryl/α,β-unsaturated/α-hetero) is 2. The van der Waals surface area contributed by atoms with Crippen molar-refractivity contribution in [2.75, 3.05) is 7.05 Å².